The molecule has 1 heterocycles. The molecule has 0 fully saturated rings. The molecule has 0 aliphatic heterocycles. The van der Waals surface area contributed by atoms with Crippen LogP contribution in [-0.4, -0.2) is 29.2 Å². The van der Waals surface area contributed by atoms with E-state index < -0.39 is 0 Å². The fourth-order valence-electron chi connectivity index (χ4n) is 2.48. The van der Waals surface area contributed by atoms with Crippen molar-refractivity contribution in [2.45, 2.75) is 19.9 Å². The first-order valence-electron chi connectivity index (χ1n) is 8.89. The van der Waals surface area contributed by atoms with E-state index in [0.717, 1.165) is 23.6 Å². The number of halogens is 2. The molecule has 28 heavy (non-hydrogen) atoms. The summed E-state index contributed by atoms with van der Waals surface area (Å²) in [5.74, 6) is 1.87. The molecule has 0 bridgehead atoms. The number of rotatable bonds is 7. The van der Waals surface area contributed by atoms with Crippen molar-refractivity contribution in [3.05, 3.63) is 71.1 Å². The summed E-state index contributed by atoms with van der Waals surface area (Å²) >= 11 is 6.01. The van der Waals surface area contributed by atoms with Gasteiger partial charge in [0.05, 0.1) is 6.54 Å². The normalized spacial score (nSPS) is 11.0. The molecule has 0 atom stereocenters. The van der Waals surface area contributed by atoms with Crippen LogP contribution in [0, 0.1) is 0 Å². The number of benzene rings is 2. The summed E-state index contributed by atoms with van der Waals surface area (Å²) in [7, 11) is 0. The molecule has 0 aliphatic carbocycles. The Hall–Kier alpha value is -2.13. The number of nitrogens with zero attached hydrogens (tertiary/aromatic N) is 3. The highest BCUT2D eigenvalue weighted by molar-refractivity contribution is 14.0. The molecule has 2 aromatic carbocycles. The van der Waals surface area contributed by atoms with Gasteiger partial charge in [0.1, 0.15) is 0 Å². The molecule has 3 aromatic rings. The SMILES string of the molecule is CCNC(=NCc1ccccc1)NCCc1nc(-c2cccc(Cl)c2)no1.I. The zero-order valence-electron chi connectivity index (χ0n) is 15.6. The highest BCUT2D eigenvalue weighted by Gasteiger charge is 2.09. The highest BCUT2D eigenvalue weighted by Crippen LogP contribution is 2.19. The van der Waals surface area contributed by atoms with Gasteiger partial charge in [0, 0.05) is 30.1 Å². The standard InChI is InChI=1S/C20H22ClN5O.HI/c1-2-22-20(24-14-15-7-4-3-5-8-15)23-12-11-18-25-19(26-27-18)16-9-6-10-17(21)13-16;/h3-10,13H,2,11-12,14H2,1H3,(H2,22,23,24);1H. The van der Waals surface area contributed by atoms with E-state index >= 15 is 0 Å². The van der Waals surface area contributed by atoms with Crippen molar-refractivity contribution in [1.82, 2.24) is 20.8 Å². The lowest BCUT2D eigenvalue weighted by Crippen LogP contribution is -2.38. The fraction of sp³-hybridized carbons (Fsp3) is 0.250. The van der Waals surface area contributed by atoms with Crippen LogP contribution in [0.25, 0.3) is 11.4 Å². The van der Waals surface area contributed by atoms with Gasteiger partial charge in [-0.2, -0.15) is 4.98 Å². The average Bonchev–Trinajstić information content (AvgIpc) is 3.16. The lowest BCUT2D eigenvalue weighted by Gasteiger charge is -2.10. The van der Waals surface area contributed by atoms with Gasteiger partial charge in [-0.3, -0.25) is 0 Å². The van der Waals surface area contributed by atoms with Crippen LogP contribution in [0.2, 0.25) is 5.02 Å². The van der Waals surface area contributed by atoms with Gasteiger partial charge in [-0.05, 0) is 24.6 Å². The van der Waals surface area contributed by atoms with Gasteiger partial charge in [0.2, 0.25) is 11.7 Å². The second kappa shape index (κ2) is 11.7. The number of aliphatic imine (C=N–C) groups is 1. The van der Waals surface area contributed by atoms with E-state index in [2.05, 4.69) is 37.9 Å². The zero-order chi connectivity index (χ0) is 18.9. The Labute approximate surface area is 186 Å². The molecule has 0 unspecified atom stereocenters. The first kappa shape index (κ1) is 22.2. The molecule has 148 valence electrons. The van der Waals surface area contributed by atoms with Gasteiger partial charge in [-0.15, -0.1) is 24.0 Å². The van der Waals surface area contributed by atoms with E-state index in [0.29, 0.717) is 36.2 Å². The third kappa shape index (κ3) is 6.79. The minimum absolute atomic E-state index is 0. The van der Waals surface area contributed by atoms with Crippen LogP contribution in [0.5, 0.6) is 0 Å². The quantitative estimate of drug-likeness (QED) is 0.281. The maximum absolute atomic E-state index is 6.01. The van der Waals surface area contributed by atoms with Gasteiger partial charge < -0.3 is 15.2 Å². The van der Waals surface area contributed by atoms with Gasteiger partial charge in [-0.1, -0.05) is 59.2 Å². The molecule has 3 rings (SSSR count). The van der Waals surface area contributed by atoms with Gasteiger partial charge in [-0.25, -0.2) is 4.99 Å². The highest BCUT2D eigenvalue weighted by atomic mass is 127. The van der Waals surface area contributed by atoms with E-state index in [-0.39, 0.29) is 24.0 Å². The maximum atomic E-state index is 6.01. The van der Waals surface area contributed by atoms with Crippen LogP contribution in [-0.2, 0) is 13.0 Å². The summed E-state index contributed by atoms with van der Waals surface area (Å²) in [5.41, 5.74) is 2.00. The summed E-state index contributed by atoms with van der Waals surface area (Å²) in [5, 5.41) is 11.2. The Morgan fingerprint density at radius 1 is 1.11 bits per heavy atom. The van der Waals surface area contributed by atoms with Crippen molar-refractivity contribution in [3.63, 3.8) is 0 Å². The van der Waals surface area contributed by atoms with Crippen molar-refractivity contribution in [2.24, 2.45) is 4.99 Å². The van der Waals surface area contributed by atoms with E-state index in [9.17, 15) is 0 Å². The fourth-order valence-corrected chi connectivity index (χ4v) is 2.67. The van der Waals surface area contributed by atoms with Crippen LogP contribution < -0.4 is 10.6 Å². The summed E-state index contributed by atoms with van der Waals surface area (Å²) in [6.07, 6.45) is 0.601. The number of hydrogen-bond donors (Lipinski definition) is 2. The monoisotopic (exact) mass is 511 g/mol. The second-order valence-electron chi connectivity index (χ2n) is 5.88. The largest absolute Gasteiger partial charge is 0.357 e. The molecule has 0 aliphatic rings. The number of aromatic nitrogens is 2. The van der Waals surface area contributed by atoms with Gasteiger partial charge in [0.15, 0.2) is 5.96 Å². The van der Waals surface area contributed by atoms with Crippen molar-refractivity contribution in [3.8, 4) is 11.4 Å². The smallest absolute Gasteiger partial charge is 0.228 e. The van der Waals surface area contributed by atoms with E-state index in [1.807, 2.05) is 49.4 Å². The minimum atomic E-state index is 0. The molecule has 0 saturated carbocycles. The Morgan fingerprint density at radius 2 is 1.93 bits per heavy atom. The average molecular weight is 512 g/mol. The van der Waals surface area contributed by atoms with Crippen molar-refractivity contribution >= 4 is 41.5 Å². The van der Waals surface area contributed by atoms with Crippen LogP contribution >= 0.6 is 35.6 Å². The van der Waals surface area contributed by atoms with Crippen LogP contribution in [0.1, 0.15) is 18.4 Å². The Morgan fingerprint density at radius 3 is 2.68 bits per heavy atom. The minimum Gasteiger partial charge on any atom is -0.357 e. The molecule has 8 heteroatoms. The summed E-state index contributed by atoms with van der Waals surface area (Å²) in [6, 6.07) is 17.5. The Bertz CT molecular complexity index is 885. The topological polar surface area (TPSA) is 75.3 Å². The maximum Gasteiger partial charge on any atom is 0.228 e. The molecule has 6 nitrogen and oxygen atoms in total. The predicted molar refractivity (Wildman–Crippen MR) is 123 cm³/mol. The summed E-state index contributed by atoms with van der Waals surface area (Å²) in [6.45, 7) is 4.09. The molecular weight excluding hydrogens is 489 g/mol. The van der Waals surface area contributed by atoms with Crippen molar-refractivity contribution in [2.75, 3.05) is 13.1 Å². The Balaban J connectivity index is 0.00000280. The summed E-state index contributed by atoms with van der Waals surface area (Å²) in [4.78, 5) is 9.01. The second-order valence-corrected chi connectivity index (χ2v) is 6.32. The molecule has 0 spiro atoms. The first-order chi connectivity index (χ1) is 13.2. The predicted octanol–water partition coefficient (Wildman–Crippen LogP) is 4.31. The van der Waals surface area contributed by atoms with Crippen LogP contribution in [0.15, 0.2) is 64.1 Å². The zero-order valence-corrected chi connectivity index (χ0v) is 18.6. The van der Waals surface area contributed by atoms with E-state index in [1.54, 1.807) is 0 Å². The van der Waals surface area contributed by atoms with Crippen molar-refractivity contribution < 1.29 is 4.52 Å². The molecule has 2 N–H and O–H groups in total. The summed E-state index contributed by atoms with van der Waals surface area (Å²) < 4.78 is 5.33. The van der Waals surface area contributed by atoms with Crippen molar-refractivity contribution in [1.29, 1.82) is 0 Å². The van der Waals surface area contributed by atoms with E-state index in [1.165, 1.54) is 0 Å². The third-order valence-corrected chi connectivity index (χ3v) is 4.02. The first-order valence-corrected chi connectivity index (χ1v) is 9.27. The van der Waals surface area contributed by atoms with Gasteiger partial charge in [0.25, 0.3) is 0 Å². The molecule has 0 saturated heterocycles. The molecular formula is C20H23ClIN5O. The number of nitrogens with one attached hydrogen (secondary N) is 2. The third-order valence-electron chi connectivity index (χ3n) is 3.79. The number of hydrogen-bond acceptors (Lipinski definition) is 4. The lowest BCUT2D eigenvalue weighted by atomic mass is 10.2. The molecule has 0 radical (unpaired) electrons. The van der Waals surface area contributed by atoms with Gasteiger partial charge >= 0.3 is 0 Å². The lowest BCUT2D eigenvalue weighted by molar-refractivity contribution is 0.378. The molecule has 0 amide bonds. The van der Waals surface area contributed by atoms with Crippen LogP contribution in [0.4, 0.5) is 0 Å². The van der Waals surface area contributed by atoms with E-state index in [4.69, 9.17) is 16.1 Å². The van der Waals surface area contributed by atoms with Crippen LogP contribution in [0.3, 0.4) is 0 Å². The Kier molecular flexibility index (Phi) is 9.22. The number of guanidine groups is 1. The molecule has 1 aromatic heterocycles.